The van der Waals surface area contributed by atoms with Crippen molar-refractivity contribution in [2.75, 3.05) is 20.6 Å². The maximum Gasteiger partial charge on any atom is -0.00189 e. The summed E-state index contributed by atoms with van der Waals surface area (Å²) in [6.07, 6.45) is 2.31. The fourth-order valence-corrected chi connectivity index (χ4v) is 2.95. The van der Waals surface area contributed by atoms with Crippen LogP contribution < -0.4 is 0 Å². The van der Waals surface area contributed by atoms with Crippen molar-refractivity contribution in [1.29, 1.82) is 0 Å². The Balaban J connectivity index is 2.14. The van der Waals surface area contributed by atoms with E-state index >= 15 is 0 Å². The zero-order valence-corrected chi connectivity index (χ0v) is 15.3. The van der Waals surface area contributed by atoms with E-state index in [1.54, 1.807) is 0 Å². The largest absolute Gasteiger partial charge is 0.309 e. The minimum absolute atomic E-state index is 0.224. The van der Waals surface area contributed by atoms with Gasteiger partial charge in [-0.15, -0.1) is 0 Å². The Labute approximate surface area is 142 Å². The van der Waals surface area contributed by atoms with Gasteiger partial charge in [0.25, 0.3) is 0 Å². The van der Waals surface area contributed by atoms with Gasteiger partial charge in [0.15, 0.2) is 0 Å². The first kappa shape index (κ1) is 17.7. The van der Waals surface area contributed by atoms with Gasteiger partial charge >= 0.3 is 0 Å². The SMILES string of the molecule is CN(C)CCC(Cc1ccc(C(C)(C)C)cc1)c1ccccc1. The number of hydrogen-bond acceptors (Lipinski definition) is 1. The Hall–Kier alpha value is -1.60. The molecule has 0 fully saturated rings. The zero-order valence-electron chi connectivity index (χ0n) is 15.3. The van der Waals surface area contributed by atoms with Gasteiger partial charge in [-0.25, -0.2) is 0 Å². The molecule has 1 atom stereocenters. The van der Waals surface area contributed by atoms with Crippen molar-refractivity contribution < 1.29 is 0 Å². The lowest BCUT2D eigenvalue weighted by atomic mass is 9.85. The quantitative estimate of drug-likeness (QED) is 0.703. The second kappa shape index (κ2) is 7.79. The molecule has 0 radical (unpaired) electrons. The normalized spacial score (nSPS) is 13.3. The van der Waals surface area contributed by atoms with E-state index in [9.17, 15) is 0 Å². The molecule has 0 aromatic heterocycles. The molecule has 1 heteroatoms. The Bertz CT molecular complexity index is 576. The van der Waals surface area contributed by atoms with Crippen molar-refractivity contribution >= 4 is 0 Å². The minimum Gasteiger partial charge on any atom is -0.309 e. The van der Waals surface area contributed by atoms with Crippen LogP contribution in [0.2, 0.25) is 0 Å². The van der Waals surface area contributed by atoms with E-state index < -0.39 is 0 Å². The second-order valence-corrected chi connectivity index (χ2v) is 7.85. The maximum absolute atomic E-state index is 2.31. The second-order valence-electron chi connectivity index (χ2n) is 7.85. The van der Waals surface area contributed by atoms with Crippen LogP contribution in [0, 0.1) is 0 Å². The Kier molecular flexibility index (Phi) is 6.01. The number of hydrogen-bond donors (Lipinski definition) is 0. The molecule has 0 aliphatic carbocycles. The van der Waals surface area contributed by atoms with Gasteiger partial charge in [0, 0.05) is 0 Å². The van der Waals surface area contributed by atoms with E-state index in [-0.39, 0.29) is 5.41 Å². The summed E-state index contributed by atoms with van der Waals surface area (Å²) >= 11 is 0. The molecule has 2 rings (SSSR count). The van der Waals surface area contributed by atoms with Gasteiger partial charge in [-0.05, 0) is 61.5 Å². The first-order valence-corrected chi connectivity index (χ1v) is 8.65. The average molecular weight is 309 g/mol. The Morgan fingerprint density at radius 1 is 0.870 bits per heavy atom. The van der Waals surface area contributed by atoms with Gasteiger partial charge in [0.2, 0.25) is 0 Å². The summed E-state index contributed by atoms with van der Waals surface area (Å²) in [4.78, 5) is 2.28. The molecule has 0 bridgehead atoms. The summed E-state index contributed by atoms with van der Waals surface area (Å²) in [5.41, 5.74) is 4.52. The molecular formula is C22H31N. The van der Waals surface area contributed by atoms with Crippen molar-refractivity contribution in [3.8, 4) is 0 Å². The number of benzene rings is 2. The van der Waals surface area contributed by atoms with Crippen molar-refractivity contribution in [3.63, 3.8) is 0 Å². The van der Waals surface area contributed by atoms with E-state index in [4.69, 9.17) is 0 Å². The average Bonchev–Trinajstić information content (AvgIpc) is 2.51. The first-order valence-electron chi connectivity index (χ1n) is 8.65. The lowest BCUT2D eigenvalue weighted by Gasteiger charge is -2.22. The Morgan fingerprint density at radius 2 is 1.48 bits per heavy atom. The topological polar surface area (TPSA) is 3.24 Å². The summed E-state index contributed by atoms with van der Waals surface area (Å²) in [6, 6.07) is 20.2. The zero-order chi connectivity index (χ0) is 16.9. The molecule has 0 N–H and O–H groups in total. The van der Waals surface area contributed by atoms with E-state index in [2.05, 4.69) is 94.4 Å². The van der Waals surface area contributed by atoms with Crippen molar-refractivity contribution in [2.45, 2.75) is 44.9 Å². The Morgan fingerprint density at radius 3 is 2.00 bits per heavy atom. The fourth-order valence-electron chi connectivity index (χ4n) is 2.95. The highest BCUT2D eigenvalue weighted by molar-refractivity contribution is 5.30. The molecule has 0 aliphatic rings. The smallest absolute Gasteiger partial charge is 0.00189 e. The molecule has 0 amide bonds. The molecule has 23 heavy (non-hydrogen) atoms. The van der Waals surface area contributed by atoms with E-state index in [0.29, 0.717) is 5.92 Å². The van der Waals surface area contributed by atoms with Crippen LogP contribution in [0.15, 0.2) is 54.6 Å². The van der Waals surface area contributed by atoms with E-state index in [1.165, 1.54) is 23.1 Å². The van der Waals surface area contributed by atoms with Gasteiger partial charge in [0.05, 0.1) is 0 Å². The monoisotopic (exact) mass is 309 g/mol. The molecule has 0 saturated carbocycles. The first-order chi connectivity index (χ1) is 10.9. The van der Waals surface area contributed by atoms with Crippen molar-refractivity contribution in [3.05, 3.63) is 71.3 Å². The molecule has 2 aromatic carbocycles. The third kappa shape index (κ3) is 5.51. The van der Waals surface area contributed by atoms with Gasteiger partial charge in [-0.1, -0.05) is 75.4 Å². The predicted molar refractivity (Wildman–Crippen MR) is 101 cm³/mol. The summed E-state index contributed by atoms with van der Waals surface area (Å²) < 4.78 is 0. The molecule has 124 valence electrons. The molecule has 0 spiro atoms. The van der Waals surface area contributed by atoms with Crippen LogP contribution >= 0.6 is 0 Å². The number of rotatable bonds is 6. The molecule has 0 aliphatic heterocycles. The third-order valence-corrected chi connectivity index (χ3v) is 4.50. The van der Waals surface area contributed by atoms with Gasteiger partial charge < -0.3 is 4.90 Å². The van der Waals surface area contributed by atoms with E-state index in [1.807, 2.05) is 0 Å². The lowest BCUT2D eigenvalue weighted by molar-refractivity contribution is 0.380. The van der Waals surface area contributed by atoms with Crippen LogP contribution in [0.3, 0.4) is 0 Å². The van der Waals surface area contributed by atoms with Crippen molar-refractivity contribution in [2.24, 2.45) is 0 Å². The van der Waals surface area contributed by atoms with Gasteiger partial charge in [-0.3, -0.25) is 0 Å². The van der Waals surface area contributed by atoms with Crippen molar-refractivity contribution in [1.82, 2.24) is 4.90 Å². The highest BCUT2D eigenvalue weighted by Gasteiger charge is 2.15. The molecule has 2 aromatic rings. The van der Waals surface area contributed by atoms with Crippen LogP contribution in [0.4, 0.5) is 0 Å². The predicted octanol–water partition coefficient (Wildman–Crippen LogP) is 5.26. The molecule has 1 nitrogen and oxygen atoms in total. The fraction of sp³-hybridized carbons (Fsp3) is 0.455. The third-order valence-electron chi connectivity index (χ3n) is 4.50. The summed E-state index contributed by atoms with van der Waals surface area (Å²) in [7, 11) is 4.31. The summed E-state index contributed by atoms with van der Waals surface area (Å²) in [6.45, 7) is 7.93. The van der Waals surface area contributed by atoms with Crippen LogP contribution in [-0.2, 0) is 11.8 Å². The minimum atomic E-state index is 0.224. The van der Waals surface area contributed by atoms with E-state index in [0.717, 1.165) is 13.0 Å². The molecule has 0 saturated heterocycles. The summed E-state index contributed by atoms with van der Waals surface area (Å²) in [5.74, 6) is 0.582. The highest BCUT2D eigenvalue weighted by Crippen LogP contribution is 2.27. The molecular weight excluding hydrogens is 278 g/mol. The number of nitrogens with zero attached hydrogens (tertiary/aromatic N) is 1. The standard InChI is InChI=1S/C22H31N/c1-22(2,3)21-13-11-18(12-14-21)17-20(15-16-23(4)5)19-9-7-6-8-10-19/h6-14,20H,15-17H2,1-5H3. The van der Waals surface area contributed by atoms with Crippen LogP contribution in [0.25, 0.3) is 0 Å². The van der Waals surface area contributed by atoms with Gasteiger partial charge in [-0.2, -0.15) is 0 Å². The highest BCUT2D eigenvalue weighted by atomic mass is 15.0. The molecule has 1 unspecified atom stereocenters. The maximum atomic E-state index is 2.31. The van der Waals surface area contributed by atoms with Gasteiger partial charge in [0.1, 0.15) is 0 Å². The van der Waals surface area contributed by atoms with Crippen LogP contribution in [0.5, 0.6) is 0 Å². The lowest BCUT2D eigenvalue weighted by Crippen LogP contribution is -2.17. The van der Waals surface area contributed by atoms with Crippen LogP contribution in [0.1, 0.15) is 49.8 Å². The summed E-state index contributed by atoms with van der Waals surface area (Å²) in [5, 5.41) is 0. The van der Waals surface area contributed by atoms with Crippen LogP contribution in [-0.4, -0.2) is 25.5 Å². The molecule has 0 heterocycles.